The highest BCUT2D eigenvalue weighted by atomic mass is 79.9. The number of hydrogen-bond donors (Lipinski definition) is 1. The van der Waals surface area contributed by atoms with Gasteiger partial charge < -0.3 is 10.1 Å². The second kappa shape index (κ2) is 6.95. The van der Waals surface area contributed by atoms with Crippen LogP contribution < -0.4 is 10.1 Å². The summed E-state index contributed by atoms with van der Waals surface area (Å²) in [4.78, 5) is 11.8. The first-order valence-electron chi connectivity index (χ1n) is 5.97. The predicted octanol–water partition coefficient (Wildman–Crippen LogP) is 3.26. The molecule has 0 aliphatic rings. The summed E-state index contributed by atoms with van der Waals surface area (Å²) in [5.74, 6) is 0.706. The molecular formula is C15H14BrNO2. The zero-order valence-electron chi connectivity index (χ0n) is 10.3. The Labute approximate surface area is 120 Å². The summed E-state index contributed by atoms with van der Waals surface area (Å²) < 4.78 is 6.38. The molecule has 0 aliphatic heterocycles. The number of carbonyl (C=O) groups excluding carboxylic acids is 1. The van der Waals surface area contributed by atoms with Gasteiger partial charge in [0.25, 0.3) is 5.91 Å². The SMILES string of the molecule is O=C(NCCOc1ccccc1)c1cccc(Br)c1. The van der Waals surface area contributed by atoms with Crippen molar-refractivity contribution in [1.82, 2.24) is 5.32 Å². The molecular weight excluding hydrogens is 306 g/mol. The van der Waals surface area contributed by atoms with E-state index in [1.807, 2.05) is 42.5 Å². The average molecular weight is 320 g/mol. The first-order chi connectivity index (χ1) is 9.25. The van der Waals surface area contributed by atoms with Crippen LogP contribution in [0.3, 0.4) is 0 Å². The molecule has 1 amide bonds. The summed E-state index contributed by atoms with van der Waals surface area (Å²) in [5, 5.41) is 2.81. The number of para-hydroxylation sites is 1. The van der Waals surface area contributed by atoms with E-state index in [-0.39, 0.29) is 5.91 Å². The van der Waals surface area contributed by atoms with Crippen molar-refractivity contribution in [2.24, 2.45) is 0 Å². The Morgan fingerprint density at radius 3 is 2.63 bits per heavy atom. The summed E-state index contributed by atoms with van der Waals surface area (Å²) in [6.45, 7) is 0.921. The van der Waals surface area contributed by atoms with E-state index >= 15 is 0 Å². The minimum absolute atomic E-state index is 0.0991. The Bertz CT molecular complexity index is 543. The first kappa shape index (κ1) is 13.6. The lowest BCUT2D eigenvalue weighted by Crippen LogP contribution is -2.28. The van der Waals surface area contributed by atoms with Crippen molar-refractivity contribution in [1.29, 1.82) is 0 Å². The summed E-state index contributed by atoms with van der Waals surface area (Å²) >= 11 is 3.34. The Kier molecular flexibility index (Phi) is 4.98. The minimum Gasteiger partial charge on any atom is -0.492 e. The van der Waals surface area contributed by atoms with E-state index in [1.54, 1.807) is 12.1 Å². The number of hydrogen-bond acceptors (Lipinski definition) is 2. The van der Waals surface area contributed by atoms with Gasteiger partial charge in [-0.25, -0.2) is 0 Å². The van der Waals surface area contributed by atoms with Crippen LogP contribution in [0.5, 0.6) is 5.75 Å². The van der Waals surface area contributed by atoms with Crippen molar-refractivity contribution in [3.05, 3.63) is 64.6 Å². The maximum Gasteiger partial charge on any atom is 0.251 e. The van der Waals surface area contributed by atoms with Gasteiger partial charge in [-0.15, -0.1) is 0 Å². The minimum atomic E-state index is -0.0991. The van der Waals surface area contributed by atoms with Crippen LogP contribution in [0.15, 0.2) is 59.1 Å². The first-order valence-corrected chi connectivity index (χ1v) is 6.76. The molecule has 0 aromatic heterocycles. The van der Waals surface area contributed by atoms with Gasteiger partial charge in [-0.05, 0) is 30.3 Å². The van der Waals surface area contributed by atoms with Gasteiger partial charge in [-0.3, -0.25) is 4.79 Å². The molecule has 98 valence electrons. The molecule has 0 heterocycles. The summed E-state index contributed by atoms with van der Waals surface area (Å²) in [6, 6.07) is 16.8. The van der Waals surface area contributed by atoms with Crippen LogP contribution in [0, 0.1) is 0 Å². The van der Waals surface area contributed by atoms with Gasteiger partial charge >= 0.3 is 0 Å². The number of amides is 1. The van der Waals surface area contributed by atoms with Crippen molar-refractivity contribution in [3.8, 4) is 5.75 Å². The standard InChI is InChI=1S/C15H14BrNO2/c16-13-6-4-5-12(11-13)15(18)17-9-10-19-14-7-2-1-3-8-14/h1-8,11H,9-10H2,(H,17,18). The zero-order valence-corrected chi connectivity index (χ0v) is 11.9. The average Bonchev–Trinajstić information content (AvgIpc) is 2.44. The maximum atomic E-state index is 11.8. The van der Waals surface area contributed by atoms with E-state index in [9.17, 15) is 4.79 Å². The third-order valence-electron chi connectivity index (χ3n) is 2.49. The number of rotatable bonds is 5. The molecule has 0 saturated carbocycles. The molecule has 0 spiro atoms. The van der Waals surface area contributed by atoms with Crippen LogP contribution in [0.4, 0.5) is 0 Å². The maximum absolute atomic E-state index is 11.8. The fourth-order valence-corrected chi connectivity index (χ4v) is 1.98. The van der Waals surface area contributed by atoms with Gasteiger partial charge in [0.05, 0.1) is 6.54 Å². The fourth-order valence-electron chi connectivity index (χ4n) is 1.58. The molecule has 0 saturated heterocycles. The van der Waals surface area contributed by atoms with Gasteiger partial charge in [0.15, 0.2) is 0 Å². The number of carbonyl (C=O) groups is 1. The third-order valence-corrected chi connectivity index (χ3v) is 2.98. The van der Waals surface area contributed by atoms with Crippen molar-refractivity contribution in [3.63, 3.8) is 0 Å². The molecule has 2 aromatic carbocycles. The lowest BCUT2D eigenvalue weighted by Gasteiger charge is -2.07. The Morgan fingerprint density at radius 2 is 1.89 bits per heavy atom. The van der Waals surface area contributed by atoms with Gasteiger partial charge in [0.1, 0.15) is 12.4 Å². The molecule has 3 nitrogen and oxygen atoms in total. The number of nitrogens with one attached hydrogen (secondary N) is 1. The highest BCUT2D eigenvalue weighted by Crippen LogP contribution is 2.11. The lowest BCUT2D eigenvalue weighted by atomic mass is 10.2. The highest BCUT2D eigenvalue weighted by molar-refractivity contribution is 9.10. The summed E-state index contributed by atoms with van der Waals surface area (Å²) in [6.07, 6.45) is 0. The quantitative estimate of drug-likeness (QED) is 0.859. The Balaban J connectivity index is 1.75. The molecule has 2 aromatic rings. The zero-order chi connectivity index (χ0) is 13.5. The topological polar surface area (TPSA) is 38.3 Å². The van der Waals surface area contributed by atoms with E-state index in [0.717, 1.165) is 10.2 Å². The van der Waals surface area contributed by atoms with E-state index in [0.29, 0.717) is 18.7 Å². The van der Waals surface area contributed by atoms with Gasteiger partial charge in [-0.1, -0.05) is 40.2 Å². The second-order valence-corrected chi connectivity index (χ2v) is 4.84. The normalized spacial score (nSPS) is 9.95. The smallest absolute Gasteiger partial charge is 0.251 e. The van der Waals surface area contributed by atoms with Crippen LogP contribution in [0.2, 0.25) is 0 Å². The van der Waals surface area contributed by atoms with E-state index in [2.05, 4.69) is 21.2 Å². The van der Waals surface area contributed by atoms with Gasteiger partial charge in [-0.2, -0.15) is 0 Å². The monoisotopic (exact) mass is 319 g/mol. The molecule has 0 atom stereocenters. The number of benzene rings is 2. The van der Waals surface area contributed by atoms with E-state index < -0.39 is 0 Å². The van der Waals surface area contributed by atoms with Gasteiger partial charge in [0, 0.05) is 10.0 Å². The molecule has 2 rings (SSSR count). The largest absolute Gasteiger partial charge is 0.492 e. The molecule has 19 heavy (non-hydrogen) atoms. The molecule has 0 aliphatic carbocycles. The second-order valence-electron chi connectivity index (χ2n) is 3.93. The fraction of sp³-hybridized carbons (Fsp3) is 0.133. The molecule has 1 N–H and O–H groups in total. The van der Waals surface area contributed by atoms with E-state index in [4.69, 9.17) is 4.74 Å². The third kappa shape index (κ3) is 4.41. The summed E-state index contributed by atoms with van der Waals surface area (Å²) in [7, 11) is 0. The van der Waals surface area contributed by atoms with Crippen LogP contribution >= 0.6 is 15.9 Å². The molecule has 0 radical (unpaired) electrons. The van der Waals surface area contributed by atoms with Crippen LogP contribution in [-0.2, 0) is 0 Å². The Hall–Kier alpha value is -1.81. The number of halogens is 1. The molecule has 0 unspecified atom stereocenters. The van der Waals surface area contributed by atoms with Crippen LogP contribution in [-0.4, -0.2) is 19.1 Å². The summed E-state index contributed by atoms with van der Waals surface area (Å²) in [5.41, 5.74) is 0.633. The van der Waals surface area contributed by atoms with Crippen molar-refractivity contribution in [2.45, 2.75) is 0 Å². The van der Waals surface area contributed by atoms with Crippen LogP contribution in [0.25, 0.3) is 0 Å². The van der Waals surface area contributed by atoms with Crippen molar-refractivity contribution >= 4 is 21.8 Å². The van der Waals surface area contributed by atoms with Crippen molar-refractivity contribution in [2.75, 3.05) is 13.2 Å². The van der Waals surface area contributed by atoms with Gasteiger partial charge in [0.2, 0.25) is 0 Å². The van der Waals surface area contributed by atoms with E-state index in [1.165, 1.54) is 0 Å². The molecule has 0 bridgehead atoms. The molecule has 0 fully saturated rings. The van der Waals surface area contributed by atoms with Crippen molar-refractivity contribution < 1.29 is 9.53 Å². The lowest BCUT2D eigenvalue weighted by molar-refractivity contribution is 0.0947. The van der Waals surface area contributed by atoms with Crippen LogP contribution in [0.1, 0.15) is 10.4 Å². The number of ether oxygens (including phenoxy) is 1. The predicted molar refractivity (Wildman–Crippen MR) is 78.4 cm³/mol. The highest BCUT2D eigenvalue weighted by Gasteiger charge is 2.04. The molecule has 4 heteroatoms. The Morgan fingerprint density at radius 1 is 1.11 bits per heavy atom.